The summed E-state index contributed by atoms with van der Waals surface area (Å²) in [4.78, 5) is 4.56. The third-order valence-electron chi connectivity index (χ3n) is 3.21. The fraction of sp³-hybridized carbons (Fsp3) is 0.438. The molecule has 102 valence electrons. The molecule has 2 aromatic rings. The first-order valence-electron chi connectivity index (χ1n) is 6.64. The third kappa shape index (κ3) is 3.68. The minimum Gasteiger partial charge on any atom is -0.312 e. The van der Waals surface area contributed by atoms with Crippen molar-refractivity contribution in [2.24, 2.45) is 5.41 Å². The van der Waals surface area contributed by atoms with Crippen molar-refractivity contribution in [3.8, 4) is 0 Å². The van der Waals surface area contributed by atoms with Crippen LogP contribution in [0.25, 0.3) is 10.9 Å². The molecule has 2 rings (SSSR count). The van der Waals surface area contributed by atoms with Gasteiger partial charge in [-0.25, -0.2) is 0 Å². The molecular formula is C16H21ClN2. The van der Waals surface area contributed by atoms with E-state index in [9.17, 15) is 0 Å². The fourth-order valence-corrected chi connectivity index (χ4v) is 2.22. The molecule has 0 amide bonds. The predicted molar refractivity (Wildman–Crippen MR) is 82.7 cm³/mol. The number of nitrogens with zero attached hydrogens (tertiary/aromatic N) is 1. The molecular weight excluding hydrogens is 256 g/mol. The number of alkyl halides is 1. The largest absolute Gasteiger partial charge is 0.312 e. The highest BCUT2D eigenvalue weighted by Gasteiger charge is 2.15. The van der Waals surface area contributed by atoms with Crippen LogP contribution in [-0.2, 0) is 6.54 Å². The summed E-state index contributed by atoms with van der Waals surface area (Å²) < 4.78 is 0. The Morgan fingerprint density at radius 1 is 1.26 bits per heavy atom. The molecule has 0 aliphatic carbocycles. The van der Waals surface area contributed by atoms with Gasteiger partial charge in [-0.2, -0.15) is 0 Å². The van der Waals surface area contributed by atoms with Gasteiger partial charge < -0.3 is 5.32 Å². The minimum atomic E-state index is 0.124. The van der Waals surface area contributed by atoms with E-state index in [0.717, 1.165) is 24.3 Å². The van der Waals surface area contributed by atoms with Crippen LogP contribution in [0.5, 0.6) is 0 Å². The monoisotopic (exact) mass is 276 g/mol. The van der Waals surface area contributed by atoms with Gasteiger partial charge in [0.25, 0.3) is 0 Å². The van der Waals surface area contributed by atoms with E-state index >= 15 is 0 Å². The molecule has 0 bridgehead atoms. The second-order valence-corrected chi connectivity index (χ2v) is 6.11. The van der Waals surface area contributed by atoms with Crippen molar-refractivity contribution in [3.05, 3.63) is 41.6 Å². The van der Waals surface area contributed by atoms with Crippen LogP contribution in [0.4, 0.5) is 0 Å². The quantitative estimate of drug-likeness (QED) is 0.838. The Hall–Kier alpha value is -1.12. The van der Waals surface area contributed by atoms with Crippen molar-refractivity contribution in [1.82, 2.24) is 10.3 Å². The molecule has 1 heterocycles. The number of halogens is 1. The normalized spacial score (nSPS) is 12.0. The van der Waals surface area contributed by atoms with Crippen molar-refractivity contribution >= 4 is 22.5 Å². The number of benzene rings is 1. The highest BCUT2D eigenvalue weighted by molar-refractivity contribution is 6.18. The van der Waals surface area contributed by atoms with Crippen LogP contribution in [0.15, 0.2) is 30.3 Å². The van der Waals surface area contributed by atoms with Gasteiger partial charge in [-0.05, 0) is 30.0 Å². The van der Waals surface area contributed by atoms with Crippen molar-refractivity contribution in [1.29, 1.82) is 0 Å². The van der Waals surface area contributed by atoms with E-state index in [1.807, 2.05) is 13.0 Å². The lowest BCUT2D eigenvalue weighted by atomic mass is 9.96. The average molecular weight is 277 g/mol. The lowest BCUT2D eigenvalue weighted by molar-refractivity contribution is 0.385. The van der Waals surface area contributed by atoms with Crippen molar-refractivity contribution in [3.63, 3.8) is 0 Å². The van der Waals surface area contributed by atoms with Crippen LogP contribution < -0.4 is 5.32 Å². The molecule has 1 aromatic heterocycles. The number of rotatable bonds is 5. The summed E-state index contributed by atoms with van der Waals surface area (Å²) >= 11 is 5.95. The summed E-state index contributed by atoms with van der Waals surface area (Å²) in [6.45, 7) is 8.14. The van der Waals surface area contributed by atoms with Crippen LogP contribution in [0, 0.1) is 12.3 Å². The van der Waals surface area contributed by atoms with Crippen molar-refractivity contribution < 1.29 is 0 Å². The molecule has 2 nitrogen and oxygen atoms in total. The number of aryl methyl sites for hydroxylation is 1. The molecule has 19 heavy (non-hydrogen) atoms. The van der Waals surface area contributed by atoms with Crippen molar-refractivity contribution in [2.75, 3.05) is 12.4 Å². The van der Waals surface area contributed by atoms with Crippen molar-refractivity contribution in [2.45, 2.75) is 27.3 Å². The highest BCUT2D eigenvalue weighted by Crippen LogP contribution is 2.19. The molecule has 0 aliphatic heterocycles. The van der Waals surface area contributed by atoms with E-state index in [4.69, 9.17) is 11.6 Å². The van der Waals surface area contributed by atoms with Gasteiger partial charge in [0.1, 0.15) is 0 Å². The molecule has 1 N–H and O–H groups in total. The predicted octanol–water partition coefficient (Wildman–Crippen LogP) is 3.90. The zero-order valence-electron chi connectivity index (χ0n) is 11.8. The number of pyridine rings is 1. The summed E-state index contributed by atoms with van der Waals surface area (Å²) in [7, 11) is 0. The lowest BCUT2D eigenvalue weighted by Gasteiger charge is -2.22. The molecule has 0 aliphatic rings. The van der Waals surface area contributed by atoms with Gasteiger partial charge >= 0.3 is 0 Å². The highest BCUT2D eigenvalue weighted by atomic mass is 35.5. The maximum atomic E-state index is 5.95. The zero-order chi connectivity index (χ0) is 13.9. The minimum absolute atomic E-state index is 0.124. The van der Waals surface area contributed by atoms with Crippen LogP contribution in [-0.4, -0.2) is 17.4 Å². The Morgan fingerprint density at radius 3 is 2.74 bits per heavy atom. The third-order valence-corrected chi connectivity index (χ3v) is 3.93. The second kappa shape index (κ2) is 5.89. The average Bonchev–Trinajstić information content (AvgIpc) is 2.38. The molecule has 0 radical (unpaired) electrons. The van der Waals surface area contributed by atoms with Gasteiger partial charge in [0, 0.05) is 30.0 Å². The maximum absolute atomic E-state index is 5.95. The SMILES string of the molecule is Cc1cc(CNCC(C)(C)CCl)c2ccccc2n1. The number of aromatic nitrogens is 1. The first-order chi connectivity index (χ1) is 9.02. The Bertz CT molecular complexity index is 564. The molecule has 0 unspecified atom stereocenters. The molecule has 0 spiro atoms. The van der Waals surface area contributed by atoms with E-state index in [2.05, 4.69) is 48.4 Å². The van der Waals surface area contributed by atoms with Gasteiger partial charge in [0.05, 0.1) is 5.52 Å². The van der Waals surface area contributed by atoms with E-state index in [1.165, 1.54) is 10.9 Å². The van der Waals surface area contributed by atoms with E-state index in [1.54, 1.807) is 0 Å². The number of hydrogen-bond donors (Lipinski definition) is 1. The summed E-state index contributed by atoms with van der Waals surface area (Å²) in [6.07, 6.45) is 0. The Balaban J connectivity index is 2.16. The summed E-state index contributed by atoms with van der Waals surface area (Å²) in [5.41, 5.74) is 3.55. The summed E-state index contributed by atoms with van der Waals surface area (Å²) in [5.74, 6) is 0.663. The Morgan fingerprint density at radius 2 is 2.00 bits per heavy atom. The van der Waals surface area contributed by atoms with Crippen LogP contribution in [0.2, 0.25) is 0 Å². The van der Waals surface area contributed by atoms with Crippen LogP contribution in [0.3, 0.4) is 0 Å². The number of para-hydroxylation sites is 1. The van der Waals surface area contributed by atoms with Gasteiger partial charge in [-0.3, -0.25) is 4.98 Å². The second-order valence-electron chi connectivity index (χ2n) is 5.84. The molecule has 0 saturated carbocycles. The Labute approximate surface area is 120 Å². The molecule has 3 heteroatoms. The maximum Gasteiger partial charge on any atom is 0.0708 e. The standard InChI is InChI=1S/C16H21ClN2/c1-12-8-13(9-18-11-16(2,3)10-17)14-6-4-5-7-15(14)19-12/h4-8,18H,9-11H2,1-3H3. The van der Waals surface area contributed by atoms with E-state index < -0.39 is 0 Å². The molecule has 1 aromatic carbocycles. The lowest BCUT2D eigenvalue weighted by Crippen LogP contribution is -2.30. The Kier molecular flexibility index (Phi) is 4.43. The molecule has 0 atom stereocenters. The number of fused-ring (bicyclic) bond motifs is 1. The van der Waals surface area contributed by atoms with Gasteiger partial charge in [-0.15, -0.1) is 11.6 Å². The topological polar surface area (TPSA) is 24.9 Å². The van der Waals surface area contributed by atoms with Crippen LogP contribution in [0.1, 0.15) is 25.1 Å². The van der Waals surface area contributed by atoms with Crippen LogP contribution >= 0.6 is 11.6 Å². The summed E-state index contributed by atoms with van der Waals surface area (Å²) in [5, 5.41) is 4.73. The molecule has 0 saturated heterocycles. The number of nitrogens with one attached hydrogen (secondary N) is 1. The van der Waals surface area contributed by atoms with E-state index in [-0.39, 0.29) is 5.41 Å². The zero-order valence-corrected chi connectivity index (χ0v) is 12.6. The first kappa shape index (κ1) is 14.3. The van der Waals surface area contributed by atoms with Gasteiger partial charge in [0.2, 0.25) is 0 Å². The van der Waals surface area contributed by atoms with E-state index in [0.29, 0.717) is 5.88 Å². The molecule has 0 fully saturated rings. The first-order valence-corrected chi connectivity index (χ1v) is 7.17. The smallest absolute Gasteiger partial charge is 0.0708 e. The van der Waals surface area contributed by atoms with Gasteiger partial charge in [-0.1, -0.05) is 32.0 Å². The fourth-order valence-electron chi connectivity index (χ4n) is 2.12. The van der Waals surface area contributed by atoms with Gasteiger partial charge in [0.15, 0.2) is 0 Å². The summed E-state index contributed by atoms with van der Waals surface area (Å²) in [6, 6.07) is 10.4. The number of hydrogen-bond acceptors (Lipinski definition) is 2.